The normalized spacial score (nSPS) is 11.0. The van der Waals surface area contributed by atoms with E-state index in [2.05, 4.69) is 4.74 Å². The Morgan fingerprint density at radius 2 is 2.62 bits per heavy atom. The fraction of sp³-hybridized carbons (Fsp3) is 0.400. The average Bonchev–Trinajstić information content (AvgIpc) is 1.66. The second-order valence-electron chi connectivity index (χ2n) is 1.19. The van der Waals surface area contributed by atoms with Crippen molar-refractivity contribution in [1.82, 2.24) is 0 Å². The lowest BCUT2D eigenvalue weighted by Gasteiger charge is -1.86. The molecule has 45 valence electrons. The van der Waals surface area contributed by atoms with Gasteiger partial charge >= 0.3 is 6.47 Å². The van der Waals surface area contributed by atoms with E-state index in [0.29, 0.717) is 5.03 Å². The van der Waals surface area contributed by atoms with Crippen LogP contribution in [0.25, 0.3) is 0 Å². The largest absolute Gasteiger partial charge is 0.453 e. The van der Waals surface area contributed by atoms with Gasteiger partial charge in [-0.15, -0.1) is 0 Å². The lowest BCUT2D eigenvalue weighted by atomic mass is 10.5. The van der Waals surface area contributed by atoms with Gasteiger partial charge in [0, 0.05) is 5.03 Å². The van der Waals surface area contributed by atoms with E-state index >= 15 is 0 Å². The molecule has 0 saturated heterocycles. The smallest absolute Gasteiger partial charge is 0.417 e. The Balaban J connectivity index is 3.15. The molecule has 0 aliphatic heterocycles. The molecule has 2 nitrogen and oxygen atoms in total. The highest BCUT2D eigenvalue weighted by Crippen LogP contribution is 1.95. The van der Waals surface area contributed by atoms with E-state index in [-0.39, 0.29) is 6.61 Å². The number of allylic oxidation sites excluding steroid dienone is 1. The highest BCUT2D eigenvalue weighted by molar-refractivity contribution is 6.29. The Hall–Kier alpha value is -0.500. The van der Waals surface area contributed by atoms with Crippen LogP contribution in [0.2, 0.25) is 0 Å². The van der Waals surface area contributed by atoms with E-state index in [9.17, 15) is 4.79 Å². The van der Waals surface area contributed by atoms with Gasteiger partial charge < -0.3 is 4.74 Å². The maximum Gasteiger partial charge on any atom is 0.417 e. The molecular weight excluding hydrogens is 128 g/mol. The highest BCUT2D eigenvalue weighted by Gasteiger charge is 1.79. The van der Waals surface area contributed by atoms with Crippen LogP contribution in [0, 0.1) is 0 Å². The van der Waals surface area contributed by atoms with Crippen LogP contribution < -0.4 is 0 Å². The zero-order chi connectivity index (χ0) is 6.41. The predicted octanol–water partition coefficient (Wildman–Crippen LogP) is 1.21. The molecule has 0 N–H and O–H groups in total. The van der Waals surface area contributed by atoms with Crippen molar-refractivity contribution in [1.29, 1.82) is 0 Å². The second kappa shape index (κ2) is 4.65. The third-order valence-corrected chi connectivity index (χ3v) is 0.661. The maximum absolute atomic E-state index is 9.37. The first-order chi connectivity index (χ1) is 3.77. The number of ether oxygens (including phenoxy) is 1. The number of hydrogen-bond donors (Lipinski definition) is 0. The lowest BCUT2D eigenvalue weighted by Crippen LogP contribution is -1.85. The Morgan fingerprint density at radius 1 is 2.00 bits per heavy atom. The summed E-state index contributed by atoms with van der Waals surface area (Å²) in [5.41, 5.74) is 0. The summed E-state index contributed by atoms with van der Waals surface area (Å²) in [6.07, 6.45) is 1.58. The zero-order valence-electron chi connectivity index (χ0n) is 4.48. The van der Waals surface area contributed by atoms with Crippen LogP contribution in [0.1, 0.15) is 6.92 Å². The SMILES string of the molecule is CC(Cl)=CCO[C]=O. The van der Waals surface area contributed by atoms with E-state index in [1.165, 1.54) is 6.47 Å². The molecule has 0 atom stereocenters. The molecule has 0 amide bonds. The van der Waals surface area contributed by atoms with E-state index in [0.717, 1.165) is 0 Å². The van der Waals surface area contributed by atoms with Crippen LogP contribution in [-0.4, -0.2) is 13.1 Å². The van der Waals surface area contributed by atoms with Crippen LogP contribution in [0.4, 0.5) is 0 Å². The van der Waals surface area contributed by atoms with Gasteiger partial charge in [0.15, 0.2) is 0 Å². The summed E-state index contributed by atoms with van der Waals surface area (Å²) in [6, 6.07) is 0. The van der Waals surface area contributed by atoms with Crippen LogP contribution in [0.15, 0.2) is 11.1 Å². The van der Waals surface area contributed by atoms with Gasteiger partial charge in [-0.3, -0.25) is 0 Å². The number of rotatable bonds is 3. The van der Waals surface area contributed by atoms with Crippen molar-refractivity contribution in [3.05, 3.63) is 11.1 Å². The molecule has 0 aromatic heterocycles. The topological polar surface area (TPSA) is 26.3 Å². The molecule has 0 heterocycles. The first-order valence-electron chi connectivity index (χ1n) is 2.08. The van der Waals surface area contributed by atoms with Gasteiger partial charge in [-0.2, -0.15) is 0 Å². The summed E-state index contributed by atoms with van der Waals surface area (Å²) in [5, 5.41) is 0.611. The van der Waals surface area contributed by atoms with Crippen LogP contribution >= 0.6 is 11.6 Å². The van der Waals surface area contributed by atoms with Crippen molar-refractivity contribution in [3.63, 3.8) is 0 Å². The second-order valence-corrected chi connectivity index (χ2v) is 1.78. The summed E-state index contributed by atoms with van der Waals surface area (Å²) < 4.78 is 4.18. The van der Waals surface area contributed by atoms with Crippen LogP contribution in [0.3, 0.4) is 0 Å². The van der Waals surface area contributed by atoms with E-state index in [1.54, 1.807) is 13.0 Å². The molecule has 0 unspecified atom stereocenters. The standard InChI is InChI=1S/C5H6ClO2/c1-5(6)2-3-8-4-7/h2H,3H2,1H3. The van der Waals surface area contributed by atoms with Crippen molar-refractivity contribution >= 4 is 18.1 Å². The average molecular weight is 134 g/mol. The first-order valence-corrected chi connectivity index (χ1v) is 2.46. The summed E-state index contributed by atoms with van der Waals surface area (Å²) in [4.78, 5) is 9.37. The fourth-order valence-corrected chi connectivity index (χ4v) is 0.254. The Morgan fingerprint density at radius 3 is 3.00 bits per heavy atom. The van der Waals surface area contributed by atoms with Gasteiger partial charge in [0.2, 0.25) is 0 Å². The minimum atomic E-state index is 0.207. The predicted molar refractivity (Wildman–Crippen MR) is 31.3 cm³/mol. The van der Waals surface area contributed by atoms with Crippen LogP contribution in [-0.2, 0) is 9.53 Å². The fourth-order valence-electron chi connectivity index (χ4n) is 0.191. The summed E-state index contributed by atoms with van der Waals surface area (Å²) >= 11 is 5.36. The molecule has 0 bridgehead atoms. The monoisotopic (exact) mass is 133 g/mol. The molecule has 8 heavy (non-hydrogen) atoms. The summed E-state index contributed by atoms with van der Waals surface area (Å²) in [5.74, 6) is 0. The molecule has 0 aliphatic carbocycles. The van der Waals surface area contributed by atoms with Crippen molar-refractivity contribution in [2.75, 3.05) is 6.61 Å². The molecule has 1 radical (unpaired) electrons. The minimum absolute atomic E-state index is 0.207. The molecule has 3 heteroatoms. The molecule has 0 spiro atoms. The van der Waals surface area contributed by atoms with Crippen molar-refractivity contribution in [3.8, 4) is 0 Å². The van der Waals surface area contributed by atoms with Crippen molar-refractivity contribution in [2.45, 2.75) is 6.92 Å². The van der Waals surface area contributed by atoms with Crippen molar-refractivity contribution in [2.24, 2.45) is 0 Å². The van der Waals surface area contributed by atoms with Crippen LogP contribution in [0.5, 0.6) is 0 Å². The minimum Gasteiger partial charge on any atom is -0.453 e. The molecule has 0 aromatic carbocycles. The van der Waals surface area contributed by atoms with Gasteiger partial charge in [0.05, 0.1) is 0 Å². The molecular formula is C5H6ClO2. The van der Waals surface area contributed by atoms with Gasteiger partial charge in [-0.25, -0.2) is 4.79 Å². The van der Waals surface area contributed by atoms with Gasteiger partial charge in [0.25, 0.3) is 0 Å². The summed E-state index contributed by atoms with van der Waals surface area (Å²) in [7, 11) is 0. The number of halogens is 1. The van der Waals surface area contributed by atoms with E-state index in [4.69, 9.17) is 11.6 Å². The lowest BCUT2D eigenvalue weighted by molar-refractivity contribution is 0.313. The Bertz CT molecular complexity index is 94.6. The number of carbonyl (C=O) groups excluding carboxylic acids is 1. The van der Waals surface area contributed by atoms with E-state index < -0.39 is 0 Å². The Kier molecular flexibility index (Phi) is 4.36. The third-order valence-electron chi connectivity index (χ3n) is 0.507. The van der Waals surface area contributed by atoms with E-state index in [1.807, 2.05) is 0 Å². The van der Waals surface area contributed by atoms with Gasteiger partial charge in [-0.1, -0.05) is 11.6 Å². The van der Waals surface area contributed by atoms with Gasteiger partial charge in [0.1, 0.15) is 6.61 Å². The first kappa shape index (κ1) is 7.50. The maximum atomic E-state index is 9.37. The molecule has 0 aliphatic rings. The molecule has 0 saturated carbocycles. The molecule has 0 aromatic rings. The summed E-state index contributed by atoms with van der Waals surface area (Å²) in [6.45, 7) is 3.18. The molecule has 0 rings (SSSR count). The number of hydrogen-bond acceptors (Lipinski definition) is 2. The molecule has 0 fully saturated rings. The highest BCUT2D eigenvalue weighted by atomic mass is 35.5. The third kappa shape index (κ3) is 5.50. The zero-order valence-corrected chi connectivity index (χ0v) is 5.23. The van der Waals surface area contributed by atoms with Crippen molar-refractivity contribution < 1.29 is 9.53 Å². The quantitative estimate of drug-likeness (QED) is 0.541. The van der Waals surface area contributed by atoms with Gasteiger partial charge in [-0.05, 0) is 13.0 Å². The Labute approximate surface area is 53.1 Å².